The second-order valence-electron chi connectivity index (χ2n) is 5.59. The Morgan fingerprint density at radius 2 is 1.96 bits per heavy atom. The van der Waals surface area contributed by atoms with Crippen LogP contribution in [0.1, 0.15) is 12.0 Å². The summed E-state index contributed by atoms with van der Waals surface area (Å²) in [6.45, 7) is 1.02. The van der Waals surface area contributed by atoms with E-state index in [4.69, 9.17) is 21.4 Å². The van der Waals surface area contributed by atoms with Gasteiger partial charge in [0.1, 0.15) is 0 Å². The van der Waals surface area contributed by atoms with E-state index in [1.165, 1.54) is 4.90 Å². The Balaban J connectivity index is 1.70. The van der Waals surface area contributed by atoms with Gasteiger partial charge >= 0.3 is 12.0 Å². The molecule has 3 N–H and O–H groups in total. The van der Waals surface area contributed by atoms with Gasteiger partial charge in [-0.2, -0.15) is 0 Å². The number of nitrogens with zero attached hydrogens (tertiary/aromatic N) is 1. The van der Waals surface area contributed by atoms with Crippen LogP contribution in [0.25, 0.3) is 0 Å². The average molecular weight is 370 g/mol. The van der Waals surface area contributed by atoms with E-state index in [1.54, 1.807) is 24.3 Å². The summed E-state index contributed by atoms with van der Waals surface area (Å²) >= 11 is 5.79. The van der Waals surface area contributed by atoms with Crippen LogP contribution in [0.3, 0.4) is 0 Å². The molecule has 8 nitrogen and oxygen atoms in total. The van der Waals surface area contributed by atoms with Crippen LogP contribution in [0.4, 0.5) is 4.79 Å². The minimum Gasteiger partial charge on any atom is -0.481 e. The van der Waals surface area contributed by atoms with Gasteiger partial charge in [0.05, 0.1) is 25.7 Å². The molecule has 1 fully saturated rings. The van der Waals surface area contributed by atoms with Gasteiger partial charge in [0.25, 0.3) is 0 Å². The maximum atomic E-state index is 12.1. The quantitative estimate of drug-likeness (QED) is 0.688. The van der Waals surface area contributed by atoms with Crippen molar-refractivity contribution in [2.75, 3.05) is 26.2 Å². The van der Waals surface area contributed by atoms with Gasteiger partial charge in [0, 0.05) is 24.7 Å². The maximum Gasteiger partial charge on any atom is 0.315 e. The summed E-state index contributed by atoms with van der Waals surface area (Å²) in [6, 6.07) is 6.59. The second-order valence-corrected chi connectivity index (χ2v) is 6.03. The van der Waals surface area contributed by atoms with E-state index in [-0.39, 0.29) is 32.0 Å². The molecule has 136 valence electrons. The van der Waals surface area contributed by atoms with Crippen molar-refractivity contribution in [1.82, 2.24) is 15.5 Å². The van der Waals surface area contributed by atoms with Gasteiger partial charge in [0.15, 0.2) is 0 Å². The molecule has 9 heteroatoms. The average Bonchev–Trinajstić information content (AvgIpc) is 2.59. The number of halogens is 1. The molecule has 25 heavy (non-hydrogen) atoms. The summed E-state index contributed by atoms with van der Waals surface area (Å²) in [5.74, 6) is -1.25. The molecule has 1 aliphatic rings. The number of ether oxygens (including phenoxy) is 1. The van der Waals surface area contributed by atoms with Crippen LogP contribution in [0.2, 0.25) is 5.02 Å². The summed E-state index contributed by atoms with van der Waals surface area (Å²) < 4.78 is 5.31. The van der Waals surface area contributed by atoms with E-state index in [0.717, 1.165) is 5.56 Å². The first kappa shape index (κ1) is 19.0. The third-order valence-electron chi connectivity index (χ3n) is 3.66. The fraction of sp³-hybridized carbons (Fsp3) is 0.438. The lowest BCUT2D eigenvalue weighted by molar-refractivity contribution is -0.147. The van der Waals surface area contributed by atoms with Crippen molar-refractivity contribution in [1.29, 1.82) is 0 Å². The normalized spacial score (nSPS) is 17.0. The summed E-state index contributed by atoms with van der Waals surface area (Å²) in [5, 5.41) is 14.5. The monoisotopic (exact) mass is 369 g/mol. The highest BCUT2D eigenvalue weighted by Crippen LogP contribution is 2.10. The number of nitrogens with one attached hydrogen (secondary N) is 2. The van der Waals surface area contributed by atoms with Crippen LogP contribution in [-0.4, -0.2) is 60.3 Å². The van der Waals surface area contributed by atoms with Crippen LogP contribution >= 0.6 is 11.6 Å². The molecule has 0 aromatic heterocycles. The van der Waals surface area contributed by atoms with E-state index in [2.05, 4.69) is 10.6 Å². The van der Waals surface area contributed by atoms with Crippen molar-refractivity contribution >= 4 is 29.5 Å². The Hall–Kier alpha value is -2.32. The van der Waals surface area contributed by atoms with E-state index in [1.807, 2.05) is 0 Å². The minimum atomic E-state index is -0.973. The van der Waals surface area contributed by atoms with Crippen molar-refractivity contribution in [3.05, 3.63) is 34.9 Å². The number of carboxylic acids is 1. The lowest BCUT2D eigenvalue weighted by Crippen LogP contribution is -2.50. The van der Waals surface area contributed by atoms with Gasteiger partial charge in [-0.05, 0) is 17.7 Å². The topological polar surface area (TPSA) is 108 Å². The van der Waals surface area contributed by atoms with E-state index in [9.17, 15) is 14.4 Å². The molecule has 1 aliphatic heterocycles. The first-order valence-electron chi connectivity index (χ1n) is 7.81. The van der Waals surface area contributed by atoms with Gasteiger partial charge in [-0.25, -0.2) is 4.79 Å². The molecule has 0 bridgehead atoms. The Bertz CT molecular complexity index is 623. The number of hydrogen-bond donors (Lipinski definition) is 3. The number of rotatable bonds is 6. The molecule has 1 unspecified atom stereocenters. The molecule has 3 amide bonds. The molecule has 0 aliphatic carbocycles. The summed E-state index contributed by atoms with van der Waals surface area (Å²) in [7, 11) is 0. The highest BCUT2D eigenvalue weighted by molar-refractivity contribution is 6.30. The molecule has 1 aromatic carbocycles. The molecule has 1 heterocycles. The standard InChI is InChI=1S/C16H20ClN3O5/c17-12-3-1-11(2-4-12)8-18-16(24)19-9-14(21)20-5-6-25-13(10-20)7-15(22)23/h1-4,13H,5-10H2,(H,22,23)(H2,18,19,24). The number of carbonyl (C=O) groups excluding carboxylic acids is 2. The molecule has 1 saturated heterocycles. The van der Waals surface area contributed by atoms with Crippen molar-refractivity contribution in [2.24, 2.45) is 0 Å². The Morgan fingerprint density at radius 3 is 2.64 bits per heavy atom. The molecule has 0 saturated carbocycles. The van der Waals surface area contributed by atoms with E-state index < -0.39 is 18.1 Å². The van der Waals surface area contributed by atoms with Crippen molar-refractivity contribution in [3.63, 3.8) is 0 Å². The summed E-state index contributed by atoms with van der Waals surface area (Å²) in [4.78, 5) is 36.1. The Labute approximate surface area is 150 Å². The van der Waals surface area contributed by atoms with Crippen LogP contribution in [0.15, 0.2) is 24.3 Å². The van der Waals surface area contributed by atoms with E-state index >= 15 is 0 Å². The zero-order chi connectivity index (χ0) is 18.2. The lowest BCUT2D eigenvalue weighted by atomic mass is 10.2. The third-order valence-corrected chi connectivity index (χ3v) is 3.91. The van der Waals surface area contributed by atoms with Gasteiger partial charge in [-0.1, -0.05) is 23.7 Å². The maximum absolute atomic E-state index is 12.1. The predicted molar refractivity (Wildman–Crippen MR) is 90.3 cm³/mol. The zero-order valence-corrected chi connectivity index (χ0v) is 14.3. The van der Waals surface area contributed by atoms with Crippen molar-refractivity contribution in [3.8, 4) is 0 Å². The first-order chi connectivity index (χ1) is 11.9. The second kappa shape index (κ2) is 9.24. The Kier molecular flexibility index (Phi) is 7.03. The van der Waals surface area contributed by atoms with E-state index in [0.29, 0.717) is 18.1 Å². The molecular formula is C16H20ClN3O5. The molecule has 0 radical (unpaired) electrons. The number of urea groups is 1. The van der Waals surface area contributed by atoms with Crippen LogP contribution in [0.5, 0.6) is 0 Å². The van der Waals surface area contributed by atoms with Crippen LogP contribution < -0.4 is 10.6 Å². The summed E-state index contributed by atoms with van der Waals surface area (Å²) in [5.41, 5.74) is 0.885. The zero-order valence-electron chi connectivity index (χ0n) is 13.5. The van der Waals surface area contributed by atoms with Gasteiger partial charge in [-0.15, -0.1) is 0 Å². The SMILES string of the molecule is O=C(O)CC1CN(C(=O)CNC(=O)NCc2ccc(Cl)cc2)CCO1. The minimum absolute atomic E-state index is 0.154. The molecule has 1 atom stereocenters. The molecule has 0 spiro atoms. The number of benzene rings is 1. The van der Waals surface area contributed by atoms with Gasteiger partial charge < -0.3 is 25.4 Å². The fourth-order valence-corrected chi connectivity index (χ4v) is 2.50. The molecular weight excluding hydrogens is 350 g/mol. The highest BCUT2D eigenvalue weighted by atomic mass is 35.5. The lowest BCUT2D eigenvalue weighted by Gasteiger charge is -2.32. The predicted octanol–water partition coefficient (Wildman–Crippen LogP) is 0.841. The van der Waals surface area contributed by atoms with Crippen molar-refractivity contribution in [2.45, 2.75) is 19.1 Å². The molecule has 1 aromatic rings. The number of hydrogen-bond acceptors (Lipinski definition) is 4. The Morgan fingerprint density at radius 1 is 1.24 bits per heavy atom. The fourth-order valence-electron chi connectivity index (χ4n) is 2.38. The first-order valence-corrected chi connectivity index (χ1v) is 8.19. The van der Waals surface area contributed by atoms with Crippen molar-refractivity contribution < 1.29 is 24.2 Å². The number of carbonyl (C=O) groups is 3. The third kappa shape index (κ3) is 6.60. The number of amides is 3. The van der Waals surface area contributed by atoms with Gasteiger partial charge in [0.2, 0.25) is 5.91 Å². The molecule has 2 rings (SSSR count). The number of carboxylic acid groups (broad SMARTS) is 1. The number of morpholine rings is 1. The van der Waals surface area contributed by atoms with Gasteiger partial charge in [-0.3, -0.25) is 9.59 Å². The van der Waals surface area contributed by atoms with Crippen LogP contribution in [0, 0.1) is 0 Å². The highest BCUT2D eigenvalue weighted by Gasteiger charge is 2.25. The van der Waals surface area contributed by atoms with Crippen LogP contribution in [-0.2, 0) is 20.9 Å². The largest absolute Gasteiger partial charge is 0.481 e. The number of aliphatic carboxylic acids is 1. The smallest absolute Gasteiger partial charge is 0.315 e. The summed E-state index contributed by atoms with van der Waals surface area (Å²) in [6.07, 6.45) is -0.673.